The molecule has 0 fully saturated rings. The number of phenols is 1. The van der Waals surface area contributed by atoms with E-state index < -0.39 is 21.6 Å². The van der Waals surface area contributed by atoms with Crippen LogP contribution < -0.4 is 0 Å². The number of halogens is 2. The summed E-state index contributed by atoms with van der Waals surface area (Å²) < 4.78 is 42.0. The number of aromatic hydroxyl groups is 1. The molecule has 0 saturated heterocycles. The fourth-order valence-electron chi connectivity index (χ4n) is 3.01. The van der Waals surface area contributed by atoms with Crippen LogP contribution in [0.2, 0.25) is 0 Å². The summed E-state index contributed by atoms with van der Waals surface area (Å²) in [6, 6.07) is 12.3. The smallest absolute Gasteiger partial charge is 0.269 e. The molecule has 0 aliphatic carbocycles. The SMILES string of the molecule is Cc1ccc(S(=O)(=O)n2cc(-c3cccc(F)c3O)c3cc(Br)cnc32)cc1. The van der Waals surface area contributed by atoms with Gasteiger partial charge in [-0.15, -0.1) is 0 Å². The molecule has 2 heterocycles. The summed E-state index contributed by atoms with van der Waals surface area (Å²) in [4.78, 5) is 4.36. The molecule has 0 amide bonds. The van der Waals surface area contributed by atoms with Gasteiger partial charge in [0, 0.05) is 33.4 Å². The Morgan fingerprint density at radius 3 is 2.54 bits per heavy atom. The van der Waals surface area contributed by atoms with Crippen LogP contribution in [0.4, 0.5) is 4.39 Å². The summed E-state index contributed by atoms with van der Waals surface area (Å²) in [6.45, 7) is 1.87. The molecular weight excluding hydrogens is 447 g/mol. The monoisotopic (exact) mass is 460 g/mol. The van der Waals surface area contributed by atoms with Gasteiger partial charge in [-0.05, 0) is 47.1 Å². The Bertz CT molecular complexity index is 1320. The number of aryl methyl sites for hydroxylation is 1. The molecule has 4 rings (SSSR count). The van der Waals surface area contributed by atoms with Gasteiger partial charge in [0.05, 0.1) is 4.90 Å². The number of fused-ring (bicyclic) bond motifs is 1. The van der Waals surface area contributed by atoms with Crippen molar-refractivity contribution in [2.45, 2.75) is 11.8 Å². The number of aromatic nitrogens is 2. The van der Waals surface area contributed by atoms with Gasteiger partial charge < -0.3 is 5.11 Å². The van der Waals surface area contributed by atoms with Crippen molar-refractivity contribution in [3.8, 4) is 16.9 Å². The van der Waals surface area contributed by atoms with Crippen molar-refractivity contribution in [2.24, 2.45) is 0 Å². The molecule has 0 unspecified atom stereocenters. The zero-order chi connectivity index (χ0) is 20.1. The molecule has 8 heteroatoms. The fourth-order valence-corrected chi connectivity index (χ4v) is 4.66. The highest BCUT2D eigenvalue weighted by molar-refractivity contribution is 9.10. The van der Waals surface area contributed by atoms with E-state index in [1.165, 1.54) is 36.7 Å². The van der Waals surface area contributed by atoms with Crippen LogP contribution in [0.25, 0.3) is 22.2 Å². The highest BCUT2D eigenvalue weighted by atomic mass is 79.9. The first-order valence-corrected chi connectivity index (χ1v) is 10.5. The summed E-state index contributed by atoms with van der Waals surface area (Å²) in [5.74, 6) is -1.34. The molecule has 2 aromatic carbocycles. The Morgan fingerprint density at radius 2 is 1.82 bits per heavy atom. The molecule has 5 nitrogen and oxygen atoms in total. The van der Waals surface area contributed by atoms with Gasteiger partial charge in [-0.3, -0.25) is 0 Å². The van der Waals surface area contributed by atoms with Crippen LogP contribution in [0.5, 0.6) is 5.75 Å². The number of para-hydroxylation sites is 1. The van der Waals surface area contributed by atoms with Crippen molar-refractivity contribution < 1.29 is 17.9 Å². The first-order valence-electron chi connectivity index (χ1n) is 8.26. The van der Waals surface area contributed by atoms with Gasteiger partial charge in [-0.2, -0.15) is 0 Å². The second kappa shape index (κ2) is 6.72. The zero-order valence-electron chi connectivity index (χ0n) is 14.6. The molecule has 0 radical (unpaired) electrons. The van der Waals surface area contributed by atoms with Crippen molar-refractivity contribution >= 4 is 37.0 Å². The van der Waals surface area contributed by atoms with Gasteiger partial charge in [-0.25, -0.2) is 21.8 Å². The van der Waals surface area contributed by atoms with Gasteiger partial charge in [0.1, 0.15) is 0 Å². The predicted molar refractivity (Wildman–Crippen MR) is 108 cm³/mol. The van der Waals surface area contributed by atoms with Crippen LogP contribution in [0, 0.1) is 12.7 Å². The van der Waals surface area contributed by atoms with Gasteiger partial charge in [0.15, 0.2) is 17.2 Å². The number of hydrogen-bond acceptors (Lipinski definition) is 4. The lowest BCUT2D eigenvalue weighted by Crippen LogP contribution is -2.12. The fraction of sp³-hybridized carbons (Fsp3) is 0.0500. The molecule has 4 aromatic rings. The Balaban J connectivity index is 2.04. The van der Waals surface area contributed by atoms with Crippen LogP contribution in [-0.4, -0.2) is 22.5 Å². The average molecular weight is 461 g/mol. The highest BCUT2D eigenvalue weighted by Gasteiger charge is 2.24. The van der Waals surface area contributed by atoms with E-state index in [0.29, 0.717) is 15.4 Å². The van der Waals surface area contributed by atoms with E-state index in [1.807, 2.05) is 6.92 Å². The number of nitrogens with zero attached hydrogens (tertiary/aromatic N) is 2. The normalized spacial score (nSPS) is 11.8. The van der Waals surface area contributed by atoms with E-state index in [0.717, 1.165) is 15.6 Å². The van der Waals surface area contributed by atoms with Gasteiger partial charge >= 0.3 is 0 Å². The lowest BCUT2D eigenvalue weighted by atomic mass is 10.0. The average Bonchev–Trinajstić information content (AvgIpc) is 3.03. The molecule has 0 spiro atoms. The summed E-state index contributed by atoms with van der Waals surface area (Å²) in [7, 11) is -3.94. The van der Waals surface area contributed by atoms with E-state index in [2.05, 4.69) is 20.9 Å². The summed E-state index contributed by atoms with van der Waals surface area (Å²) in [5, 5.41) is 10.6. The Morgan fingerprint density at radius 1 is 1.11 bits per heavy atom. The highest BCUT2D eigenvalue weighted by Crippen LogP contribution is 2.38. The predicted octanol–water partition coefficient (Wildman–Crippen LogP) is 4.86. The molecule has 28 heavy (non-hydrogen) atoms. The summed E-state index contributed by atoms with van der Waals surface area (Å²) >= 11 is 3.33. The van der Waals surface area contributed by atoms with Crippen molar-refractivity contribution in [2.75, 3.05) is 0 Å². The Hall–Kier alpha value is -2.71. The lowest BCUT2D eigenvalue weighted by molar-refractivity contribution is 0.434. The maximum atomic E-state index is 13.9. The van der Waals surface area contributed by atoms with Crippen molar-refractivity contribution in [1.29, 1.82) is 0 Å². The topological polar surface area (TPSA) is 72.2 Å². The van der Waals surface area contributed by atoms with Gasteiger partial charge in [0.2, 0.25) is 0 Å². The second-order valence-corrected chi connectivity index (χ2v) is 9.05. The largest absolute Gasteiger partial charge is 0.504 e. The third-order valence-electron chi connectivity index (χ3n) is 4.43. The molecule has 1 N–H and O–H groups in total. The molecule has 0 saturated carbocycles. The molecular formula is C20H14BrFN2O3S. The van der Waals surface area contributed by atoms with Crippen LogP contribution in [0.1, 0.15) is 5.56 Å². The van der Waals surface area contributed by atoms with Crippen LogP contribution in [0.3, 0.4) is 0 Å². The van der Waals surface area contributed by atoms with E-state index in [9.17, 15) is 17.9 Å². The maximum absolute atomic E-state index is 13.9. The van der Waals surface area contributed by atoms with Crippen molar-refractivity contribution in [1.82, 2.24) is 8.96 Å². The van der Waals surface area contributed by atoms with Crippen LogP contribution in [-0.2, 0) is 10.0 Å². The number of pyridine rings is 1. The minimum Gasteiger partial charge on any atom is -0.504 e. The van der Waals surface area contributed by atoms with Crippen LogP contribution >= 0.6 is 15.9 Å². The number of rotatable bonds is 3. The first kappa shape index (κ1) is 18.6. The third-order valence-corrected chi connectivity index (χ3v) is 6.53. The van der Waals surface area contributed by atoms with E-state index in [-0.39, 0.29) is 16.1 Å². The summed E-state index contributed by atoms with van der Waals surface area (Å²) in [5.41, 5.74) is 1.66. The molecule has 2 aromatic heterocycles. The summed E-state index contributed by atoms with van der Waals surface area (Å²) in [6.07, 6.45) is 2.84. The van der Waals surface area contributed by atoms with Crippen molar-refractivity contribution in [3.63, 3.8) is 0 Å². The van der Waals surface area contributed by atoms with E-state index in [4.69, 9.17) is 0 Å². The molecule has 0 aliphatic rings. The van der Waals surface area contributed by atoms with Gasteiger partial charge in [0.25, 0.3) is 10.0 Å². The van der Waals surface area contributed by atoms with E-state index in [1.54, 1.807) is 18.2 Å². The quantitative estimate of drug-likeness (QED) is 0.473. The van der Waals surface area contributed by atoms with Gasteiger partial charge in [-0.1, -0.05) is 29.8 Å². The third kappa shape index (κ3) is 2.98. The Labute approximate surface area is 169 Å². The number of benzene rings is 2. The second-order valence-electron chi connectivity index (χ2n) is 6.32. The number of phenolic OH excluding ortho intramolecular Hbond substituents is 1. The lowest BCUT2D eigenvalue weighted by Gasteiger charge is -2.07. The van der Waals surface area contributed by atoms with Crippen molar-refractivity contribution in [3.05, 3.63) is 76.8 Å². The number of hydrogen-bond donors (Lipinski definition) is 1. The minimum atomic E-state index is -3.94. The van der Waals surface area contributed by atoms with E-state index >= 15 is 0 Å². The molecule has 0 atom stereocenters. The molecule has 142 valence electrons. The molecule has 0 bridgehead atoms. The first-order chi connectivity index (χ1) is 13.3. The molecule has 0 aliphatic heterocycles. The minimum absolute atomic E-state index is 0.106. The maximum Gasteiger partial charge on any atom is 0.269 e. The standard InChI is InChI=1S/C20H14BrFN2O3S/c1-12-5-7-14(8-6-12)28(26,27)24-11-17(15-3-2-4-18(22)19(15)25)16-9-13(21)10-23-20(16)24/h2-11,25H,1H3. The Kier molecular flexibility index (Phi) is 4.47. The van der Waals surface area contributed by atoms with Crippen LogP contribution in [0.15, 0.2) is 70.3 Å². The zero-order valence-corrected chi connectivity index (χ0v) is 17.0.